The van der Waals surface area contributed by atoms with Crippen molar-refractivity contribution in [3.8, 4) is 5.75 Å². The third kappa shape index (κ3) is 4.87. The predicted molar refractivity (Wildman–Crippen MR) is 101 cm³/mol. The Balaban J connectivity index is 2.43. The molecule has 0 aromatic heterocycles. The number of methoxy groups -OCH3 is 2. The van der Waals surface area contributed by atoms with E-state index in [1.165, 1.54) is 32.2 Å². The van der Waals surface area contributed by atoms with E-state index in [4.69, 9.17) is 14.3 Å². The van der Waals surface area contributed by atoms with Gasteiger partial charge in [0.05, 0.1) is 20.5 Å². The van der Waals surface area contributed by atoms with E-state index in [-0.39, 0.29) is 0 Å². The zero-order chi connectivity index (χ0) is 18.1. The number of oxime groups is 1. The number of thioether (sulfide) groups is 1. The summed E-state index contributed by atoms with van der Waals surface area (Å²) in [6, 6.07) is 16.7. The van der Waals surface area contributed by atoms with Crippen molar-refractivity contribution in [3.05, 3.63) is 72.0 Å². The van der Waals surface area contributed by atoms with E-state index in [2.05, 4.69) is 5.16 Å². The van der Waals surface area contributed by atoms with Crippen LogP contribution in [0.4, 0.5) is 0 Å². The lowest BCUT2D eigenvalue weighted by Crippen LogP contribution is -2.09. The third-order valence-electron chi connectivity index (χ3n) is 3.26. The van der Waals surface area contributed by atoms with Crippen molar-refractivity contribution in [2.24, 2.45) is 5.16 Å². The van der Waals surface area contributed by atoms with Gasteiger partial charge in [0.2, 0.25) is 0 Å². The summed E-state index contributed by atoms with van der Waals surface area (Å²) in [4.78, 5) is 17.6. The molecule has 0 saturated heterocycles. The summed E-state index contributed by atoms with van der Waals surface area (Å²) in [5.41, 5.74) is 1.71. The fraction of sp³-hybridized carbons (Fsp3) is 0.158. The number of benzene rings is 2. The standard InChI is InChI=1S/C19H19NO4S/c1-22-13-17(19(21)23-2)15-11-7-8-12-16(15)18(25-3)20-24-14-9-5-4-6-10-14/h4-13H,1-3H3. The molecule has 130 valence electrons. The molecule has 5 nitrogen and oxygen atoms in total. The first kappa shape index (κ1) is 18.6. The quantitative estimate of drug-likeness (QED) is 0.196. The Hall–Kier alpha value is -2.73. The molecule has 0 aliphatic heterocycles. The molecule has 2 rings (SSSR count). The maximum Gasteiger partial charge on any atom is 0.341 e. The van der Waals surface area contributed by atoms with Crippen molar-refractivity contribution in [1.29, 1.82) is 0 Å². The van der Waals surface area contributed by atoms with Crippen molar-refractivity contribution in [1.82, 2.24) is 0 Å². The first-order valence-electron chi connectivity index (χ1n) is 7.46. The van der Waals surface area contributed by atoms with Gasteiger partial charge in [-0.1, -0.05) is 47.6 Å². The Morgan fingerprint density at radius 2 is 1.64 bits per heavy atom. The van der Waals surface area contributed by atoms with Gasteiger partial charge in [-0.2, -0.15) is 0 Å². The number of hydrogen-bond acceptors (Lipinski definition) is 6. The maximum atomic E-state index is 12.1. The number of carbonyl (C=O) groups excluding carboxylic acids is 1. The van der Waals surface area contributed by atoms with Gasteiger partial charge in [-0.05, 0) is 18.4 Å². The molecular weight excluding hydrogens is 338 g/mol. The number of hydrogen-bond donors (Lipinski definition) is 0. The summed E-state index contributed by atoms with van der Waals surface area (Å²) in [6.07, 6.45) is 3.25. The van der Waals surface area contributed by atoms with Crippen LogP contribution >= 0.6 is 11.8 Å². The molecule has 0 aliphatic rings. The zero-order valence-corrected chi connectivity index (χ0v) is 15.1. The van der Waals surface area contributed by atoms with E-state index in [0.29, 0.717) is 21.9 Å². The molecule has 0 amide bonds. The summed E-state index contributed by atoms with van der Waals surface area (Å²) in [6.45, 7) is 0. The number of carbonyl (C=O) groups is 1. The highest BCUT2D eigenvalue weighted by Gasteiger charge is 2.19. The second-order valence-electron chi connectivity index (χ2n) is 4.81. The van der Waals surface area contributed by atoms with Crippen molar-refractivity contribution < 1.29 is 19.1 Å². The van der Waals surface area contributed by atoms with Gasteiger partial charge in [-0.25, -0.2) is 4.79 Å². The van der Waals surface area contributed by atoms with Gasteiger partial charge in [0.15, 0.2) is 5.75 Å². The number of rotatable bonds is 6. The van der Waals surface area contributed by atoms with Crippen LogP contribution in [0.2, 0.25) is 0 Å². The molecule has 0 fully saturated rings. The highest BCUT2D eigenvalue weighted by molar-refractivity contribution is 8.13. The minimum atomic E-state index is -0.487. The molecule has 0 heterocycles. The van der Waals surface area contributed by atoms with E-state index in [0.717, 1.165) is 5.56 Å². The minimum Gasteiger partial charge on any atom is -0.503 e. The Kier molecular flexibility index (Phi) is 7.10. The third-order valence-corrected chi connectivity index (χ3v) is 3.94. The van der Waals surface area contributed by atoms with Gasteiger partial charge in [0.1, 0.15) is 10.6 Å². The molecule has 25 heavy (non-hydrogen) atoms. The molecule has 0 N–H and O–H groups in total. The summed E-state index contributed by atoms with van der Waals surface area (Å²) < 4.78 is 9.89. The van der Waals surface area contributed by atoms with Crippen LogP contribution in [0.3, 0.4) is 0 Å². The fourth-order valence-electron chi connectivity index (χ4n) is 2.13. The van der Waals surface area contributed by atoms with Crippen LogP contribution in [0.1, 0.15) is 11.1 Å². The Morgan fingerprint density at radius 3 is 2.24 bits per heavy atom. The number of nitrogens with zero attached hydrogens (tertiary/aromatic N) is 1. The molecule has 0 aliphatic carbocycles. The van der Waals surface area contributed by atoms with Crippen LogP contribution in [0.25, 0.3) is 5.57 Å². The monoisotopic (exact) mass is 357 g/mol. The molecule has 0 radical (unpaired) electrons. The van der Waals surface area contributed by atoms with Crippen LogP contribution in [-0.4, -0.2) is 31.5 Å². The highest BCUT2D eigenvalue weighted by Crippen LogP contribution is 2.25. The van der Waals surface area contributed by atoms with Crippen molar-refractivity contribution in [2.75, 3.05) is 20.5 Å². The Morgan fingerprint density at radius 1 is 1.00 bits per heavy atom. The first-order valence-corrected chi connectivity index (χ1v) is 8.68. The number of para-hydroxylation sites is 1. The van der Waals surface area contributed by atoms with E-state index in [1.54, 1.807) is 0 Å². The average Bonchev–Trinajstić information content (AvgIpc) is 2.67. The Bertz CT molecular complexity index is 772. The highest BCUT2D eigenvalue weighted by atomic mass is 32.2. The number of ether oxygens (including phenoxy) is 2. The molecular formula is C19H19NO4S. The maximum absolute atomic E-state index is 12.1. The van der Waals surface area contributed by atoms with E-state index in [1.807, 2.05) is 60.9 Å². The smallest absolute Gasteiger partial charge is 0.341 e. The number of esters is 1. The molecule has 0 saturated carbocycles. The molecule has 2 aromatic carbocycles. The lowest BCUT2D eigenvalue weighted by Gasteiger charge is -2.12. The molecule has 2 aromatic rings. The SMILES string of the molecule is COC=C(C(=O)OC)c1ccccc1C(=NOc1ccccc1)SC. The lowest BCUT2D eigenvalue weighted by atomic mass is 10.0. The van der Waals surface area contributed by atoms with Gasteiger partial charge in [0.25, 0.3) is 0 Å². The molecule has 0 bridgehead atoms. The van der Waals surface area contributed by atoms with E-state index < -0.39 is 5.97 Å². The molecule has 0 spiro atoms. The van der Waals surface area contributed by atoms with Crippen LogP contribution < -0.4 is 4.84 Å². The van der Waals surface area contributed by atoms with E-state index >= 15 is 0 Å². The summed E-state index contributed by atoms with van der Waals surface area (Å²) in [5, 5.41) is 4.86. The van der Waals surface area contributed by atoms with Crippen molar-refractivity contribution >= 4 is 28.3 Å². The second kappa shape index (κ2) is 9.54. The lowest BCUT2D eigenvalue weighted by molar-refractivity contribution is -0.133. The molecule has 0 atom stereocenters. The van der Waals surface area contributed by atoms with Gasteiger partial charge in [0, 0.05) is 11.1 Å². The fourth-order valence-corrected chi connectivity index (χ4v) is 2.64. The van der Waals surface area contributed by atoms with Crippen LogP contribution in [0.5, 0.6) is 5.75 Å². The van der Waals surface area contributed by atoms with Crippen molar-refractivity contribution in [2.45, 2.75) is 0 Å². The summed E-state index contributed by atoms with van der Waals surface area (Å²) in [7, 11) is 2.81. The average molecular weight is 357 g/mol. The summed E-state index contributed by atoms with van der Waals surface area (Å²) in [5.74, 6) is 0.144. The van der Waals surface area contributed by atoms with Crippen LogP contribution in [-0.2, 0) is 14.3 Å². The topological polar surface area (TPSA) is 57.1 Å². The summed E-state index contributed by atoms with van der Waals surface area (Å²) >= 11 is 1.42. The minimum absolute atomic E-state index is 0.307. The van der Waals surface area contributed by atoms with E-state index in [9.17, 15) is 4.79 Å². The normalized spacial score (nSPS) is 11.8. The second-order valence-corrected chi connectivity index (χ2v) is 5.60. The molecule has 0 unspecified atom stereocenters. The van der Waals surface area contributed by atoms with Gasteiger partial charge >= 0.3 is 5.97 Å². The zero-order valence-electron chi connectivity index (χ0n) is 14.3. The first-order chi connectivity index (χ1) is 12.2. The van der Waals surface area contributed by atoms with Crippen LogP contribution in [0.15, 0.2) is 66.0 Å². The largest absolute Gasteiger partial charge is 0.503 e. The van der Waals surface area contributed by atoms with Gasteiger partial charge < -0.3 is 14.3 Å². The predicted octanol–water partition coefficient (Wildman–Crippen LogP) is 3.95. The Labute approximate surface area is 151 Å². The van der Waals surface area contributed by atoms with Crippen LogP contribution in [0, 0.1) is 0 Å². The van der Waals surface area contributed by atoms with Gasteiger partial charge in [-0.3, -0.25) is 0 Å². The van der Waals surface area contributed by atoms with Gasteiger partial charge in [-0.15, -0.1) is 11.8 Å². The van der Waals surface area contributed by atoms with Crippen molar-refractivity contribution in [3.63, 3.8) is 0 Å². The molecule has 6 heteroatoms.